The van der Waals surface area contributed by atoms with E-state index in [-0.39, 0.29) is 17.9 Å². The third-order valence-corrected chi connectivity index (χ3v) is 3.08. The van der Waals surface area contributed by atoms with E-state index in [9.17, 15) is 9.59 Å². The Labute approximate surface area is 106 Å². The van der Waals surface area contributed by atoms with E-state index in [0.717, 1.165) is 25.9 Å². The van der Waals surface area contributed by atoms with Gasteiger partial charge in [-0.25, -0.2) is 9.79 Å². The monoisotopic (exact) mass is 248 g/mol. The van der Waals surface area contributed by atoms with Crippen LogP contribution in [0, 0.1) is 0 Å². The van der Waals surface area contributed by atoms with Crippen LogP contribution < -0.4 is 0 Å². The van der Waals surface area contributed by atoms with E-state index in [4.69, 9.17) is 5.11 Å². The molecular weight excluding hydrogens is 232 g/mol. The number of rotatable bonds is 2. The van der Waals surface area contributed by atoms with Crippen molar-refractivity contribution in [1.82, 2.24) is 4.90 Å². The largest absolute Gasteiger partial charge is 0.478 e. The van der Waals surface area contributed by atoms with Crippen LogP contribution >= 0.6 is 0 Å². The number of nitrogens with zero attached hydrogens (tertiary/aromatic N) is 2. The highest BCUT2D eigenvalue weighted by Gasteiger charge is 2.22. The Morgan fingerprint density at radius 1 is 1.33 bits per heavy atom. The molecule has 1 fully saturated rings. The van der Waals surface area contributed by atoms with Crippen LogP contribution in [0.1, 0.15) is 26.2 Å². The van der Waals surface area contributed by atoms with Gasteiger partial charge >= 0.3 is 5.97 Å². The van der Waals surface area contributed by atoms with E-state index in [0.29, 0.717) is 11.4 Å². The molecule has 0 atom stereocenters. The second-order valence-corrected chi connectivity index (χ2v) is 4.52. The molecule has 0 aromatic rings. The van der Waals surface area contributed by atoms with Crippen molar-refractivity contribution in [2.45, 2.75) is 26.2 Å². The number of aliphatic imine (C=N–C) groups is 1. The Hall–Kier alpha value is -1.91. The van der Waals surface area contributed by atoms with Gasteiger partial charge in [-0.2, -0.15) is 0 Å². The summed E-state index contributed by atoms with van der Waals surface area (Å²) in [4.78, 5) is 29.1. The van der Waals surface area contributed by atoms with Crippen LogP contribution in [0.3, 0.4) is 0 Å². The summed E-state index contributed by atoms with van der Waals surface area (Å²) in [5.74, 6) is -1.05. The summed E-state index contributed by atoms with van der Waals surface area (Å²) in [5.41, 5.74) is 1.19. The van der Waals surface area contributed by atoms with Crippen LogP contribution in [0.5, 0.6) is 0 Å². The molecule has 1 amide bonds. The molecule has 2 aliphatic heterocycles. The maximum Gasteiger partial charge on any atom is 0.331 e. The molecule has 0 bridgehead atoms. The summed E-state index contributed by atoms with van der Waals surface area (Å²) in [5, 5.41) is 8.97. The summed E-state index contributed by atoms with van der Waals surface area (Å²) in [7, 11) is 0. The van der Waals surface area contributed by atoms with Crippen LogP contribution in [-0.2, 0) is 9.59 Å². The number of hydrogen-bond donors (Lipinski definition) is 1. The van der Waals surface area contributed by atoms with E-state index in [1.165, 1.54) is 6.08 Å². The first kappa shape index (κ1) is 12.5. The Morgan fingerprint density at radius 2 is 2.00 bits per heavy atom. The summed E-state index contributed by atoms with van der Waals surface area (Å²) in [6, 6.07) is 0. The maximum absolute atomic E-state index is 12.2. The predicted octanol–water partition coefficient (Wildman–Crippen LogP) is 1.37. The first-order valence-electron chi connectivity index (χ1n) is 6.06. The third kappa shape index (κ3) is 2.67. The third-order valence-electron chi connectivity index (χ3n) is 3.08. The van der Waals surface area contributed by atoms with Crippen LogP contribution in [0.4, 0.5) is 0 Å². The summed E-state index contributed by atoms with van der Waals surface area (Å²) >= 11 is 0. The lowest BCUT2D eigenvalue weighted by Gasteiger charge is -2.15. The Balaban J connectivity index is 2.18. The minimum Gasteiger partial charge on any atom is -0.478 e. The van der Waals surface area contributed by atoms with Gasteiger partial charge in [-0.1, -0.05) is 0 Å². The molecular formula is C13H16N2O3. The van der Waals surface area contributed by atoms with Gasteiger partial charge in [-0.3, -0.25) is 4.79 Å². The van der Waals surface area contributed by atoms with Gasteiger partial charge in [0.15, 0.2) is 0 Å². The number of hydrogen-bond acceptors (Lipinski definition) is 3. The fourth-order valence-electron chi connectivity index (χ4n) is 2.15. The fraction of sp³-hybridized carbons (Fsp3) is 0.462. The van der Waals surface area contributed by atoms with Gasteiger partial charge < -0.3 is 10.0 Å². The van der Waals surface area contributed by atoms with Crippen molar-refractivity contribution in [3.05, 3.63) is 23.4 Å². The smallest absolute Gasteiger partial charge is 0.331 e. The topological polar surface area (TPSA) is 70.0 Å². The molecule has 18 heavy (non-hydrogen) atoms. The minimum atomic E-state index is -0.962. The van der Waals surface area contributed by atoms with Crippen molar-refractivity contribution < 1.29 is 14.7 Å². The van der Waals surface area contributed by atoms with Crippen molar-refractivity contribution in [3.63, 3.8) is 0 Å². The van der Waals surface area contributed by atoms with Crippen LogP contribution in [0.15, 0.2) is 28.4 Å². The highest BCUT2D eigenvalue weighted by atomic mass is 16.4. The summed E-state index contributed by atoms with van der Waals surface area (Å²) in [6.07, 6.45) is 5.42. The van der Waals surface area contributed by atoms with Gasteiger partial charge in [-0.15, -0.1) is 0 Å². The van der Waals surface area contributed by atoms with E-state index < -0.39 is 5.97 Å². The molecule has 0 aromatic heterocycles. The average molecular weight is 248 g/mol. The Morgan fingerprint density at radius 3 is 2.61 bits per heavy atom. The normalized spacial score (nSPS) is 19.8. The molecule has 0 spiro atoms. The standard InChI is InChI=1S/C13H16N2O3/c1-9-8-10(13(17)18)4-5-11(14-9)12(16)15-6-2-3-7-15/h5,8H,2-4,6-7H2,1H3,(H,17,18). The molecule has 2 aliphatic rings. The van der Waals surface area contributed by atoms with Crippen LogP contribution in [0.25, 0.3) is 0 Å². The number of carbonyl (C=O) groups is 2. The fourth-order valence-corrected chi connectivity index (χ4v) is 2.15. The van der Waals surface area contributed by atoms with Gasteiger partial charge in [0.2, 0.25) is 0 Å². The van der Waals surface area contributed by atoms with E-state index >= 15 is 0 Å². The molecule has 5 heteroatoms. The number of allylic oxidation sites excluding steroid dienone is 2. The Bertz CT molecular complexity index is 469. The van der Waals surface area contributed by atoms with Crippen molar-refractivity contribution in [2.24, 2.45) is 4.99 Å². The van der Waals surface area contributed by atoms with Crippen molar-refractivity contribution in [3.8, 4) is 0 Å². The number of amides is 1. The van der Waals surface area contributed by atoms with E-state index in [1.807, 2.05) is 0 Å². The highest BCUT2D eigenvalue weighted by Crippen LogP contribution is 2.17. The SMILES string of the molecule is CC1=NC(C(=O)N2CCCC2)=CCC(C(=O)O)=C1. The van der Waals surface area contributed by atoms with E-state index in [2.05, 4.69) is 4.99 Å². The zero-order valence-corrected chi connectivity index (χ0v) is 10.3. The zero-order valence-electron chi connectivity index (χ0n) is 10.3. The quantitative estimate of drug-likeness (QED) is 0.802. The lowest BCUT2D eigenvalue weighted by molar-refractivity contribution is -0.132. The minimum absolute atomic E-state index is 0.0908. The number of aliphatic carboxylic acids is 1. The number of carboxylic acids is 1. The molecule has 2 heterocycles. The van der Waals surface area contributed by atoms with Crippen molar-refractivity contribution in [2.75, 3.05) is 13.1 Å². The lowest BCUT2D eigenvalue weighted by atomic mass is 10.1. The van der Waals surface area contributed by atoms with Gasteiger partial charge in [-0.05, 0) is 31.9 Å². The molecule has 0 aliphatic carbocycles. The number of likely N-dealkylation sites (tertiary alicyclic amines) is 1. The molecule has 0 aromatic carbocycles. The molecule has 1 saturated heterocycles. The summed E-state index contributed by atoms with van der Waals surface area (Å²) < 4.78 is 0. The molecule has 96 valence electrons. The van der Waals surface area contributed by atoms with Gasteiger partial charge in [0.05, 0.1) is 0 Å². The zero-order chi connectivity index (χ0) is 13.1. The number of carboxylic acid groups (broad SMARTS) is 1. The first-order valence-corrected chi connectivity index (χ1v) is 6.06. The molecule has 2 rings (SSSR count). The number of carbonyl (C=O) groups excluding carboxylic acids is 1. The predicted molar refractivity (Wildman–Crippen MR) is 67.3 cm³/mol. The Kier molecular flexibility index (Phi) is 3.60. The molecule has 0 radical (unpaired) electrons. The second-order valence-electron chi connectivity index (χ2n) is 4.52. The van der Waals surface area contributed by atoms with Gasteiger partial charge in [0.1, 0.15) is 5.70 Å². The highest BCUT2D eigenvalue weighted by molar-refractivity contribution is 6.05. The van der Waals surface area contributed by atoms with Crippen molar-refractivity contribution >= 4 is 17.6 Å². The van der Waals surface area contributed by atoms with Gasteiger partial charge in [0, 0.05) is 30.8 Å². The average Bonchev–Trinajstić information content (AvgIpc) is 2.77. The van der Waals surface area contributed by atoms with Crippen molar-refractivity contribution in [1.29, 1.82) is 0 Å². The molecule has 0 saturated carbocycles. The molecule has 5 nitrogen and oxygen atoms in total. The second kappa shape index (κ2) is 5.16. The molecule has 0 unspecified atom stereocenters. The maximum atomic E-state index is 12.2. The van der Waals surface area contributed by atoms with E-state index in [1.54, 1.807) is 17.9 Å². The van der Waals surface area contributed by atoms with Crippen LogP contribution in [0.2, 0.25) is 0 Å². The first-order chi connectivity index (χ1) is 8.58. The lowest BCUT2D eigenvalue weighted by Crippen LogP contribution is -2.28. The summed E-state index contributed by atoms with van der Waals surface area (Å²) in [6.45, 7) is 3.24. The molecule has 1 N–H and O–H groups in total. The van der Waals surface area contributed by atoms with Gasteiger partial charge in [0.25, 0.3) is 5.91 Å². The van der Waals surface area contributed by atoms with Crippen LogP contribution in [-0.4, -0.2) is 40.7 Å².